The van der Waals surface area contributed by atoms with E-state index in [9.17, 15) is 0 Å². The van der Waals surface area contributed by atoms with Crippen LogP contribution in [0, 0.1) is 5.92 Å². The Kier molecular flexibility index (Phi) is 1.72. The van der Waals surface area contributed by atoms with E-state index in [0.717, 1.165) is 5.92 Å². The van der Waals surface area contributed by atoms with Crippen molar-refractivity contribution in [1.29, 1.82) is 0 Å². The second-order valence-electron chi connectivity index (χ2n) is 2.79. The molecule has 1 aliphatic carbocycles. The minimum atomic E-state index is 0.959. The Morgan fingerprint density at radius 1 is 1.62 bits per heavy atom. The lowest BCUT2D eigenvalue weighted by atomic mass is 10.1. The molecule has 0 heteroatoms. The summed E-state index contributed by atoms with van der Waals surface area (Å²) < 4.78 is 0. The summed E-state index contributed by atoms with van der Waals surface area (Å²) in [5.41, 5.74) is 1.66. The maximum absolute atomic E-state index is 2.33. The summed E-state index contributed by atoms with van der Waals surface area (Å²) in [6, 6.07) is 0. The standard InChI is InChI=1S/C8H14/c1-3-8-5-4-7(2)6-8/h3,7H,4-6H2,1-2H3. The monoisotopic (exact) mass is 110 g/mol. The fraction of sp³-hybridized carbons (Fsp3) is 0.750. The summed E-state index contributed by atoms with van der Waals surface area (Å²) in [5.74, 6) is 0.959. The van der Waals surface area contributed by atoms with Crippen LogP contribution in [-0.4, -0.2) is 0 Å². The Labute approximate surface area is 51.6 Å². The topological polar surface area (TPSA) is 0 Å². The van der Waals surface area contributed by atoms with Gasteiger partial charge in [-0.25, -0.2) is 0 Å². The first kappa shape index (κ1) is 5.87. The molecule has 8 heavy (non-hydrogen) atoms. The molecule has 0 saturated heterocycles. The summed E-state index contributed by atoms with van der Waals surface area (Å²) in [5, 5.41) is 0. The summed E-state index contributed by atoms with van der Waals surface area (Å²) in [6.07, 6.45) is 6.40. The van der Waals surface area contributed by atoms with Gasteiger partial charge < -0.3 is 0 Å². The van der Waals surface area contributed by atoms with Crippen molar-refractivity contribution in [2.45, 2.75) is 33.1 Å². The van der Waals surface area contributed by atoms with Crippen molar-refractivity contribution < 1.29 is 0 Å². The van der Waals surface area contributed by atoms with E-state index in [4.69, 9.17) is 0 Å². The third-order valence-electron chi connectivity index (χ3n) is 1.98. The quantitative estimate of drug-likeness (QED) is 0.420. The summed E-state index contributed by atoms with van der Waals surface area (Å²) in [6.45, 7) is 4.48. The first-order chi connectivity index (χ1) is 3.83. The molecule has 1 saturated carbocycles. The van der Waals surface area contributed by atoms with Crippen molar-refractivity contribution >= 4 is 0 Å². The van der Waals surface area contributed by atoms with Crippen LogP contribution in [0.25, 0.3) is 0 Å². The predicted octanol–water partition coefficient (Wildman–Crippen LogP) is 2.75. The third kappa shape index (κ3) is 1.12. The van der Waals surface area contributed by atoms with Gasteiger partial charge in [-0.2, -0.15) is 0 Å². The van der Waals surface area contributed by atoms with Gasteiger partial charge in [-0.05, 0) is 32.1 Å². The van der Waals surface area contributed by atoms with Crippen LogP contribution < -0.4 is 0 Å². The Morgan fingerprint density at radius 3 is 2.62 bits per heavy atom. The van der Waals surface area contributed by atoms with Gasteiger partial charge in [-0.15, -0.1) is 0 Å². The summed E-state index contributed by atoms with van der Waals surface area (Å²) in [7, 11) is 0. The molecule has 0 radical (unpaired) electrons. The van der Waals surface area contributed by atoms with Gasteiger partial charge in [-0.1, -0.05) is 18.6 Å². The fourth-order valence-corrected chi connectivity index (χ4v) is 1.35. The lowest BCUT2D eigenvalue weighted by Crippen LogP contribution is -1.79. The Hall–Kier alpha value is -0.260. The summed E-state index contributed by atoms with van der Waals surface area (Å²) in [4.78, 5) is 0. The molecular weight excluding hydrogens is 96.1 g/mol. The first-order valence-electron chi connectivity index (χ1n) is 3.47. The second-order valence-corrected chi connectivity index (χ2v) is 2.79. The minimum Gasteiger partial charge on any atom is -0.0884 e. The molecule has 0 amide bonds. The third-order valence-corrected chi connectivity index (χ3v) is 1.98. The van der Waals surface area contributed by atoms with Crippen molar-refractivity contribution in [2.75, 3.05) is 0 Å². The van der Waals surface area contributed by atoms with E-state index in [1.54, 1.807) is 5.57 Å². The van der Waals surface area contributed by atoms with Crippen LogP contribution in [0.4, 0.5) is 0 Å². The number of hydrogen-bond donors (Lipinski definition) is 0. The molecule has 0 aliphatic heterocycles. The molecule has 0 aromatic heterocycles. The Bertz CT molecular complexity index is 101. The lowest BCUT2D eigenvalue weighted by Gasteiger charge is -1.93. The normalized spacial score (nSPS) is 34.2. The van der Waals surface area contributed by atoms with E-state index in [1.165, 1.54) is 19.3 Å². The van der Waals surface area contributed by atoms with Crippen molar-refractivity contribution in [3.05, 3.63) is 11.6 Å². The fourth-order valence-electron chi connectivity index (χ4n) is 1.35. The molecule has 1 unspecified atom stereocenters. The van der Waals surface area contributed by atoms with Gasteiger partial charge in [0.2, 0.25) is 0 Å². The molecule has 0 aromatic rings. The molecule has 0 nitrogen and oxygen atoms in total. The molecule has 1 rings (SSSR count). The predicted molar refractivity (Wildman–Crippen MR) is 36.8 cm³/mol. The summed E-state index contributed by atoms with van der Waals surface area (Å²) >= 11 is 0. The zero-order valence-corrected chi connectivity index (χ0v) is 5.78. The number of hydrogen-bond acceptors (Lipinski definition) is 0. The Balaban J connectivity index is 2.44. The van der Waals surface area contributed by atoms with Gasteiger partial charge in [0.15, 0.2) is 0 Å². The second kappa shape index (κ2) is 2.34. The maximum atomic E-state index is 2.33. The van der Waals surface area contributed by atoms with E-state index in [0.29, 0.717) is 0 Å². The average Bonchev–Trinajstić information content (AvgIpc) is 2.14. The highest BCUT2D eigenvalue weighted by atomic mass is 14.2. The van der Waals surface area contributed by atoms with E-state index in [-0.39, 0.29) is 0 Å². The van der Waals surface area contributed by atoms with Gasteiger partial charge in [0, 0.05) is 0 Å². The van der Waals surface area contributed by atoms with Gasteiger partial charge in [0.1, 0.15) is 0 Å². The van der Waals surface area contributed by atoms with Crippen LogP contribution >= 0.6 is 0 Å². The maximum Gasteiger partial charge on any atom is -0.0294 e. The van der Waals surface area contributed by atoms with Crippen molar-refractivity contribution in [3.63, 3.8) is 0 Å². The molecule has 0 bridgehead atoms. The van der Waals surface area contributed by atoms with Crippen molar-refractivity contribution in [2.24, 2.45) is 5.92 Å². The SMILES string of the molecule is CC=C1CCC(C)C1. The smallest absolute Gasteiger partial charge is 0.0294 e. The van der Waals surface area contributed by atoms with E-state index < -0.39 is 0 Å². The van der Waals surface area contributed by atoms with E-state index in [2.05, 4.69) is 19.9 Å². The lowest BCUT2D eigenvalue weighted by molar-refractivity contribution is 0.620. The van der Waals surface area contributed by atoms with Crippen LogP contribution in [-0.2, 0) is 0 Å². The van der Waals surface area contributed by atoms with Crippen LogP contribution in [0.1, 0.15) is 33.1 Å². The van der Waals surface area contributed by atoms with Crippen LogP contribution in [0.15, 0.2) is 11.6 Å². The zero-order valence-electron chi connectivity index (χ0n) is 5.78. The minimum absolute atomic E-state index is 0.959. The average molecular weight is 110 g/mol. The van der Waals surface area contributed by atoms with Crippen LogP contribution in [0.2, 0.25) is 0 Å². The van der Waals surface area contributed by atoms with E-state index in [1.807, 2.05) is 0 Å². The van der Waals surface area contributed by atoms with Gasteiger partial charge in [-0.3, -0.25) is 0 Å². The highest BCUT2D eigenvalue weighted by Crippen LogP contribution is 2.28. The largest absolute Gasteiger partial charge is 0.0884 e. The highest BCUT2D eigenvalue weighted by molar-refractivity contribution is 5.05. The molecule has 1 atom stereocenters. The molecule has 1 aliphatic rings. The molecular formula is C8H14. The van der Waals surface area contributed by atoms with Gasteiger partial charge in [0.05, 0.1) is 0 Å². The molecule has 46 valence electrons. The van der Waals surface area contributed by atoms with Crippen molar-refractivity contribution in [1.82, 2.24) is 0 Å². The Morgan fingerprint density at radius 2 is 2.38 bits per heavy atom. The first-order valence-corrected chi connectivity index (χ1v) is 3.47. The molecule has 0 aromatic carbocycles. The molecule has 0 heterocycles. The van der Waals surface area contributed by atoms with Crippen LogP contribution in [0.3, 0.4) is 0 Å². The van der Waals surface area contributed by atoms with Gasteiger partial charge in [0.25, 0.3) is 0 Å². The van der Waals surface area contributed by atoms with E-state index >= 15 is 0 Å². The van der Waals surface area contributed by atoms with Gasteiger partial charge >= 0.3 is 0 Å². The zero-order chi connectivity index (χ0) is 5.98. The van der Waals surface area contributed by atoms with Crippen LogP contribution in [0.5, 0.6) is 0 Å². The molecule has 1 fully saturated rings. The number of allylic oxidation sites excluding steroid dienone is 2. The molecule has 0 N–H and O–H groups in total. The van der Waals surface area contributed by atoms with Crippen molar-refractivity contribution in [3.8, 4) is 0 Å². The molecule has 0 spiro atoms. The number of rotatable bonds is 0. The highest BCUT2D eigenvalue weighted by Gasteiger charge is 2.12.